The summed E-state index contributed by atoms with van der Waals surface area (Å²) in [5, 5.41) is 8.64. The summed E-state index contributed by atoms with van der Waals surface area (Å²) in [7, 11) is 0. The van der Waals surface area contributed by atoms with Gasteiger partial charge in [-0.2, -0.15) is 0 Å². The van der Waals surface area contributed by atoms with Crippen molar-refractivity contribution in [1.82, 2.24) is 15.5 Å². The van der Waals surface area contributed by atoms with E-state index < -0.39 is 23.8 Å². The number of nitrogens with one attached hydrogen (secondary N) is 3. The second-order valence-corrected chi connectivity index (χ2v) is 8.98. The van der Waals surface area contributed by atoms with Gasteiger partial charge in [-0.05, 0) is 42.5 Å². The highest BCUT2D eigenvalue weighted by atomic mass is 32.1. The molecular weight excluding hydrogens is 459 g/mol. The Morgan fingerprint density at radius 1 is 1.09 bits per heavy atom. The zero-order chi connectivity index (χ0) is 24.1. The third kappa shape index (κ3) is 5.57. The monoisotopic (exact) mass is 482 g/mol. The number of thiophene rings is 1. The van der Waals surface area contributed by atoms with E-state index in [4.69, 9.17) is 0 Å². The van der Waals surface area contributed by atoms with E-state index in [1.807, 2.05) is 24.3 Å². The first-order valence-electron chi connectivity index (χ1n) is 10.8. The van der Waals surface area contributed by atoms with Gasteiger partial charge in [0, 0.05) is 11.2 Å². The van der Waals surface area contributed by atoms with Crippen molar-refractivity contribution in [1.29, 1.82) is 0 Å². The number of carbonyl (C=O) groups excluding carboxylic acids is 4. The van der Waals surface area contributed by atoms with Crippen molar-refractivity contribution in [2.75, 3.05) is 25.0 Å². The first-order chi connectivity index (χ1) is 16.4. The van der Waals surface area contributed by atoms with E-state index in [-0.39, 0.29) is 30.5 Å². The molecule has 1 aliphatic heterocycles. The lowest BCUT2D eigenvalue weighted by Crippen LogP contribution is -2.47. The van der Waals surface area contributed by atoms with Gasteiger partial charge >= 0.3 is 6.03 Å². The second kappa shape index (κ2) is 10.4. The summed E-state index contributed by atoms with van der Waals surface area (Å²) >= 11 is 1.34. The number of ketones is 1. The molecule has 4 rings (SSSR count). The summed E-state index contributed by atoms with van der Waals surface area (Å²) in [5.74, 6) is -1.75. The fraction of sp³-hybridized carbons (Fsp3) is 0.250. The fourth-order valence-corrected chi connectivity index (χ4v) is 4.67. The van der Waals surface area contributed by atoms with Crippen LogP contribution < -0.4 is 16.0 Å². The van der Waals surface area contributed by atoms with Gasteiger partial charge in [-0.1, -0.05) is 30.3 Å². The number of anilines is 1. The van der Waals surface area contributed by atoms with Gasteiger partial charge in [0.2, 0.25) is 5.91 Å². The molecule has 0 saturated carbocycles. The number of fused-ring (bicyclic) bond motifs is 1. The van der Waals surface area contributed by atoms with E-state index in [2.05, 4.69) is 16.0 Å². The Balaban J connectivity index is 1.27. The minimum absolute atomic E-state index is 0.0310. The molecule has 34 heavy (non-hydrogen) atoms. The zero-order valence-electron chi connectivity index (χ0n) is 18.2. The summed E-state index contributed by atoms with van der Waals surface area (Å²) in [6, 6.07) is 13.8. The zero-order valence-corrected chi connectivity index (χ0v) is 19.0. The normalized spacial score (nSPS) is 16.1. The highest BCUT2D eigenvalue weighted by Crippen LogP contribution is 2.25. The SMILES string of the molecule is O=C(CNC(=O)c1cc2ccccc2s1)N[C@H]1CCCN(C(=O)Nc2ccccc2F)CC1=O. The van der Waals surface area contributed by atoms with Gasteiger partial charge in [0.15, 0.2) is 5.78 Å². The number of hydrogen-bond acceptors (Lipinski definition) is 5. The third-order valence-corrected chi connectivity index (χ3v) is 6.57. The molecule has 0 spiro atoms. The maximum absolute atomic E-state index is 13.8. The number of hydrogen-bond donors (Lipinski definition) is 3. The predicted octanol–water partition coefficient (Wildman–Crippen LogP) is 3.15. The summed E-state index contributed by atoms with van der Waals surface area (Å²) in [4.78, 5) is 51.7. The Hall–Kier alpha value is -3.79. The van der Waals surface area contributed by atoms with Gasteiger partial charge in [0.25, 0.3) is 5.91 Å². The molecule has 0 aliphatic carbocycles. The Morgan fingerprint density at radius 2 is 1.85 bits per heavy atom. The second-order valence-electron chi connectivity index (χ2n) is 7.89. The topological polar surface area (TPSA) is 108 Å². The predicted molar refractivity (Wildman–Crippen MR) is 127 cm³/mol. The summed E-state index contributed by atoms with van der Waals surface area (Å²) < 4.78 is 14.8. The van der Waals surface area contributed by atoms with E-state index >= 15 is 0 Å². The number of rotatable bonds is 5. The number of nitrogens with zero attached hydrogens (tertiary/aromatic N) is 1. The van der Waals surface area contributed by atoms with Crippen LogP contribution in [0.3, 0.4) is 0 Å². The molecule has 0 radical (unpaired) electrons. The lowest BCUT2D eigenvalue weighted by molar-refractivity contribution is -0.127. The largest absolute Gasteiger partial charge is 0.345 e. The maximum Gasteiger partial charge on any atom is 0.322 e. The Bertz CT molecular complexity index is 1210. The van der Waals surface area contributed by atoms with Crippen LogP contribution in [0.4, 0.5) is 14.9 Å². The average molecular weight is 483 g/mol. The molecule has 1 fully saturated rings. The van der Waals surface area contributed by atoms with Gasteiger partial charge in [-0.3, -0.25) is 14.4 Å². The van der Waals surface area contributed by atoms with E-state index in [1.54, 1.807) is 12.1 Å². The van der Waals surface area contributed by atoms with E-state index in [0.717, 1.165) is 10.1 Å². The van der Waals surface area contributed by atoms with Crippen LogP contribution in [0.2, 0.25) is 0 Å². The molecule has 176 valence electrons. The molecule has 1 aliphatic rings. The van der Waals surface area contributed by atoms with Crippen LogP contribution in [0.5, 0.6) is 0 Å². The molecule has 1 aromatic heterocycles. The van der Waals surface area contributed by atoms with Crippen molar-refractivity contribution in [3.05, 3.63) is 65.3 Å². The first kappa shape index (κ1) is 23.4. The van der Waals surface area contributed by atoms with Crippen LogP contribution in [0.1, 0.15) is 22.5 Å². The van der Waals surface area contributed by atoms with Crippen molar-refractivity contribution in [3.63, 3.8) is 0 Å². The lowest BCUT2D eigenvalue weighted by atomic mass is 10.1. The molecule has 8 nitrogen and oxygen atoms in total. The average Bonchev–Trinajstić information content (AvgIpc) is 3.18. The van der Waals surface area contributed by atoms with Crippen LogP contribution >= 0.6 is 11.3 Å². The van der Waals surface area contributed by atoms with Crippen molar-refractivity contribution in [2.45, 2.75) is 18.9 Å². The number of carbonyl (C=O) groups is 4. The molecule has 1 saturated heterocycles. The quantitative estimate of drug-likeness (QED) is 0.519. The Kier molecular flexibility index (Phi) is 7.17. The summed E-state index contributed by atoms with van der Waals surface area (Å²) in [6.45, 7) is -0.186. The minimum atomic E-state index is -0.764. The molecule has 2 aromatic carbocycles. The van der Waals surface area contributed by atoms with Crippen molar-refractivity contribution < 1.29 is 23.6 Å². The van der Waals surface area contributed by atoms with E-state index in [9.17, 15) is 23.6 Å². The van der Waals surface area contributed by atoms with Crippen molar-refractivity contribution in [2.24, 2.45) is 0 Å². The first-order valence-corrected chi connectivity index (χ1v) is 11.6. The van der Waals surface area contributed by atoms with Gasteiger partial charge in [0.05, 0.1) is 29.7 Å². The number of benzene rings is 2. The lowest BCUT2D eigenvalue weighted by Gasteiger charge is -2.21. The number of likely N-dealkylation sites (tertiary alicyclic amines) is 1. The van der Waals surface area contributed by atoms with Crippen molar-refractivity contribution >= 4 is 50.7 Å². The molecule has 4 amide bonds. The van der Waals surface area contributed by atoms with Crippen LogP contribution in [-0.4, -0.2) is 54.2 Å². The van der Waals surface area contributed by atoms with Crippen molar-refractivity contribution in [3.8, 4) is 0 Å². The highest BCUT2D eigenvalue weighted by molar-refractivity contribution is 7.20. The Morgan fingerprint density at radius 3 is 2.65 bits per heavy atom. The van der Waals surface area contributed by atoms with Crippen LogP contribution in [0.25, 0.3) is 10.1 Å². The summed E-state index contributed by atoms with van der Waals surface area (Å²) in [5.41, 5.74) is 0.0310. The molecule has 0 bridgehead atoms. The Labute approximate surface area is 199 Å². The smallest absolute Gasteiger partial charge is 0.322 e. The van der Waals surface area contributed by atoms with Gasteiger partial charge in [0.1, 0.15) is 5.82 Å². The summed E-state index contributed by atoms with van der Waals surface area (Å²) in [6.07, 6.45) is 0.841. The molecule has 0 unspecified atom stereocenters. The number of Topliss-reactive ketones (excluding diaryl/α,β-unsaturated/α-hetero) is 1. The molecule has 2 heterocycles. The molecular formula is C24H23FN4O4S. The van der Waals surface area contributed by atoms with Gasteiger partial charge in [-0.25, -0.2) is 9.18 Å². The highest BCUT2D eigenvalue weighted by Gasteiger charge is 2.28. The van der Waals surface area contributed by atoms with Gasteiger partial charge < -0.3 is 20.9 Å². The van der Waals surface area contributed by atoms with E-state index in [1.165, 1.54) is 34.4 Å². The van der Waals surface area contributed by atoms with Gasteiger partial charge in [-0.15, -0.1) is 11.3 Å². The third-order valence-electron chi connectivity index (χ3n) is 5.45. The molecule has 1 atom stereocenters. The van der Waals surface area contributed by atoms with Crippen LogP contribution in [0.15, 0.2) is 54.6 Å². The maximum atomic E-state index is 13.8. The number of urea groups is 1. The molecule has 3 aromatic rings. The van der Waals surface area contributed by atoms with E-state index in [0.29, 0.717) is 24.3 Å². The number of amides is 4. The standard InChI is InChI=1S/C24H23FN4O4S/c25-16-7-2-3-8-17(16)28-24(33)29-11-5-9-18(19(30)14-29)27-22(31)13-26-23(32)21-12-15-6-1-4-10-20(15)34-21/h1-4,6-8,10,12,18H,5,9,11,13-14H2,(H,26,32)(H,27,31)(H,28,33)/t18-/m0/s1. The molecule has 10 heteroatoms. The number of para-hydroxylation sites is 1. The van der Waals surface area contributed by atoms with Crippen LogP contribution in [-0.2, 0) is 9.59 Å². The van der Waals surface area contributed by atoms with Crippen LogP contribution in [0, 0.1) is 5.82 Å². The minimum Gasteiger partial charge on any atom is -0.345 e. The number of halogens is 1. The fourth-order valence-electron chi connectivity index (χ4n) is 3.69. The molecule has 3 N–H and O–H groups in total.